The molecule has 2 N–H and O–H groups in total. The lowest BCUT2D eigenvalue weighted by molar-refractivity contribution is -0.137. The van der Waals surface area contributed by atoms with Gasteiger partial charge in [0.05, 0.1) is 11.3 Å². The van der Waals surface area contributed by atoms with Crippen LogP contribution in [0.3, 0.4) is 0 Å². The van der Waals surface area contributed by atoms with Crippen molar-refractivity contribution in [2.24, 2.45) is 5.73 Å². The Morgan fingerprint density at radius 3 is 2.53 bits per heavy atom. The van der Waals surface area contributed by atoms with Gasteiger partial charge in [-0.2, -0.15) is 24.9 Å². The Bertz CT molecular complexity index is 297. The molecule has 2 nitrogen and oxygen atoms in total. The van der Waals surface area contributed by atoms with E-state index in [-0.39, 0.29) is 0 Å². The van der Waals surface area contributed by atoms with E-state index >= 15 is 0 Å². The van der Waals surface area contributed by atoms with E-state index < -0.39 is 11.7 Å². The number of halogens is 3. The van der Waals surface area contributed by atoms with Gasteiger partial charge >= 0.3 is 6.18 Å². The normalized spacial score (nSPS) is 11.7. The summed E-state index contributed by atoms with van der Waals surface area (Å²) in [6.45, 7) is 0.561. The van der Waals surface area contributed by atoms with Crippen LogP contribution in [-0.2, 0) is 11.9 Å². The molecule has 0 spiro atoms. The van der Waals surface area contributed by atoms with Gasteiger partial charge in [0.1, 0.15) is 0 Å². The molecule has 1 aromatic rings. The summed E-state index contributed by atoms with van der Waals surface area (Å²) in [5.41, 5.74) is 5.21. The van der Waals surface area contributed by atoms with Crippen LogP contribution >= 0.6 is 11.8 Å². The quantitative estimate of drug-likeness (QED) is 0.815. The molecule has 0 aliphatic heterocycles. The van der Waals surface area contributed by atoms with Crippen molar-refractivity contribution in [1.82, 2.24) is 4.98 Å². The lowest BCUT2D eigenvalue weighted by Gasteiger charge is -2.06. The molecule has 0 aliphatic carbocycles. The van der Waals surface area contributed by atoms with Crippen molar-refractivity contribution in [3.63, 3.8) is 0 Å². The van der Waals surface area contributed by atoms with Gasteiger partial charge < -0.3 is 5.73 Å². The fourth-order valence-corrected chi connectivity index (χ4v) is 1.63. The molecule has 0 unspecified atom stereocenters. The first-order valence-corrected chi connectivity index (χ1v) is 5.49. The fraction of sp³-hybridized carbons (Fsp3) is 0.444. The molecule has 15 heavy (non-hydrogen) atoms. The highest BCUT2D eigenvalue weighted by molar-refractivity contribution is 7.98. The average Bonchev–Trinajstić information content (AvgIpc) is 2.18. The molecule has 1 aromatic heterocycles. The maximum Gasteiger partial charge on any atom is 0.417 e. The van der Waals surface area contributed by atoms with E-state index in [0.29, 0.717) is 18.0 Å². The molecule has 0 saturated heterocycles. The monoisotopic (exact) mass is 236 g/mol. The van der Waals surface area contributed by atoms with Crippen molar-refractivity contribution in [2.45, 2.75) is 11.9 Å². The molecule has 1 rings (SSSR count). The van der Waals surface area contributed by atoms with Crippen LogP contribution in [-0.4, -0.2) is 17.3 Å². The van der Waals surface area contributed by atoms with E-state index in [1.54, 1.807) is 11.8 Å². The Labute approximate surface area is 90.1 Å². The van der Waals surface area contributed by atoms with Crippen LogP contribution in [0.2, 0.25) is 0 Å². The van der Waals surface area contributed by atoms with Crippen molar-refractivity contribution in [2.75, 3.05) is 12.3 Å². The first kappa shape index (κ1) is 12.3. The highest BCUT2D eigenvalue weighted by atomic mass is 32.2. The summed E-state index contributed by atoms with van der Waals surface area (Å²) < 4.78 is 36.5. The van der Waals surface area contributed by atoms with Gasteiger partial charge in [0.15, 0.2) is 0 Å². The number of thioether (sulfide) groups is 1. The first-order chi connectivity index (χ1) is 7.04. The van der Waals surface area contributed by atoms with Crippen molar-refractivity contribution >= 4 is 11.8 Å². The van der Waals surface area contributed by atoms with Crippen LogP contribution in [0.25, 0.3) is 0 Å². The summed E-state index contributed by atoms with van der Waals surface area (Å²) in [6.07, 6.45) is -3.45. The molecule has 0 saturated carbocycles. The number of nitrogens with zero attached hydrogens (tertiary/aromatic N) is 1. The number of aromatic nitrogens is 1. The highest BCUT2D eigenvalue weighted by Crippen LogP contribution is 2.28. The van der Waals surface area contributed by atoms with Gasteiger partial charge in [-0.15, -0.1) is 0 Å². The molecule has 0 fully saturated rings. The number of nitrogens with two attached hydrogens (primary N) is 1. The number of alkyl halides is 3. The molecule has 0 bridgehead atoms. The molecule has 1 heterocycles. The smallest absolute Gasteiger partial charge is 0.330 e. The molecular weight excluding hydrogens is 225 g/mol. The van der Waals surface area contributed by atoms with Crippen LogP contribution in [0.5, 0.6) is 0 Å². The standard InChI is InChI=1S/C9H11F3N2S/c10-9(11,12)7-1-2-8(14-5-7)6-15-4-3-13/h1-2,5H,3-4,6,13H2. The molecule has 0 aromatic carbocycles. The van der Waals surface area contributed by atoms with Gasteiger partial charge in [-0.05, 0) is 12.1 Å². The van der Waals surface area contributed by atoms with E-state index in [2.05, 4.69) is 4.98 Å². The maximum absolute atomic E-state index is 12.2. The summed E-state index contributed by atoms with van der Waals surface area (Å²) in [5.74, 6) is 1.37. The summed E-state index contributed by atoms with van der Waals surface area (Å²) in [7, 11) is 0. The van der Waals surface area contributed by atoms with E-state index in [4.69, 9.17) is 5.73 Å². The summed E-state index contributed by atoms with van der Waals surface area (Å²) >= 11 is 1.55. The Morgan fingerprint density at radius 1 is 1.33 bits per heavy atom. The zero-order chi connectivity index (χ0) is 11.3. The number of hydrogen-bond donors (Lipinski definition) is 1. The summed E-state index contributed by atoms with van der Waals surface area (Å²) in [6, 6.07) is 2.44. The lowest BCUT2D eigenvalue weighted by Crippen LogP contribution is -2.06. The number of pyridine rings is 1. The molecule has 0 amide bonds. The second kappa shape index (κ2) is 5.37. The van der Waals surface area contributed by atoms with Crippen molar-refractivity contribution < 1.29 is 13.2 Å². The SMILES string of the molecule is NCCSCc1ccc(C(F)(F)F)cn1. The van der Waals surface area contributed by atoms with E-state index in [1.165, 1.54) is 6.07 Å². The third-order valence-corrected chi connectivity index (χ3v) is 2.69. The second-order valence-corrected chi connectivity index (χ2v) is 3.98. The summed E-state index contributed by atoms with van der Waals surface area (Å²) in [5, 5.41) is 0. The van der Waals surface area contributed by atoms with E-state index in [0.717, 1.165) is 18.0 Å². The summed E-state index contributed by atoms with van der Waals surface area (Å²) in [4.78, 5) is 3.74. The molecule has 0 aliphatic rings. The molecule has 84 valence electrons. The Hall–Kier alpha value is -0.750. The Balaban J connectivity index is 2.57. The largest absolute Gasteiger partial charge is 0.417 e. The van der Waals surface area contributed by atoms with Crippen molar-refractivity contribution in [1.29, 1.82) is 0 Å². The molecule has 0 radical (unpaired) electrons. The van der Waals surface area contributed by atoms with Crippen LogP contribution in [0, 0.1) is 0 Å². The first-order valence-electron chi connectivity index (χ1n) is 4.34. The van der Waals surface area contributed by atoms with Gasteiger partial charge in [-0.1, -0.05) is 0 Å². The fourth-order valence-electron chi connectivity index (χ4n) is 0.938. The van der Waals surface area contributed by atoms with Gasteiger partial charge in [0, 0.05) is 24.2 Å². The third-order valence-electron chi connectivity index (χ3n) is 1.66. The van der Waals surface area contributed by atoms with Gasteiger partial charge in [-0.3, -0.25) is 4.98 Å². The van der Waals surface area contributed by atoms with Gasteiger partial charge in [0.2, 0.25) is 0 Å². The minimum atomic E-state index is -4.31. The van der Waals surface area contributed by atoms with E-state index in [9.17, 15) is 13.2 Å². The third kappa shape index (κ3) is 4.09. The molecule has 0 atom stereocenters. The topological polar surface area (TPSA) is 38.9 Å². The number of hydrogen-bond acceptors (Lipinski definition) is 3. The van der Waals surface area contributed by atoms with Crippen molar-refractivity contribution in [3.8, 4) is 0 Å². The minimum Gasteiger partial charge on any atom is -0.330 e. The number of rotatable bonds is 4. The molecule has 6 heteroatoms. The predicted molar refractivity (Wildman–Crippen MR) is 54.5 cm³/mol. The average molecular weight is 236 g/mol. The van der Waals surface area contributed by atoms with Gasteiger partial charge in [0.25, 0.3) is 0 Å². The van der Waals surface area contributed by atoms with E-state index in [1.807, 2.05) is 0 Å². The Morgan fingerprint density at radius 2 is 2.07 bits per heavy atom. The lowest BCUT2D eigenvalue weighted by atomic mass is 10.2. The zero-order valence-corrected chi connectivity index (χ0v) is 8.74. The molecular formula is C9H11F3N2S. The van der Waals surface area contributed by atoms with Crippen LogP contribution in [0.4, 0.5) is 13.2 Å². The minimum absolute atomic E-state index is 0.561. The predicted octanol–water partition coefficient (Wildman–Crippen LogP) is 2.29. The zero-order valence-electron chi connectivity index (χ0n) is 7.92. The highest BCUT2D eigenvalue weighted by Gasteiger charge is 2.30. The van der Waals surface area contributed by atoms with Crippen LogP contribution < -0.4 is 5.73 Å². The van der Waals surface area contributed by atoms with Crippen LogP contribution in [0.15, 0.2) is 18.3 Å². The van der Waals surface area contributed by atoms with Gasteiger partial charge in [-0.25, -0.2) is 0 Å². The van der Waals surface area contributed by atoms with Crippen LogP contribution in [0.1, 0.15) is 11.3 Å². The maximum atomic E-state index is 12.2. The van der Waals surface area contributed by atoms with Crippen molar-refractivity contribution in [3.05, 3.63) is 29.6 Å². The Kier molecular flexibility index (Phi) is 4.41. The second-order valence-electron chi connectivity index (χ2n) is 2.88.